The average Bonchev–Trinajstić information content (AvgIpc) is 3.26. The quantitative estimate of drug-likeness (QED) is 0.551. The van der Waals surface area contributed by atoms with Gasteiger partial charge in [-0.25, -0.2) is 13.1 Å². The van der Waals surface area contributed by atoms with Crippen LogP contribution < -0.4 is 4.72 Å². The summed E-state index contributed by atoms with van der Waals surface area (Å²) in [6, 6.07) is 17.3. The predicted octanol–water partition coefficient (Wildman–Crippen LogP) is 3.75. The van der Waals surface area contributed by atoms with Gasteiger partial charge in [0.25, 0.3) is 5.91 Å². The highest BCUT2D eigenvalue weighted by molar-refractivity contribution is 7.98. The van der Waals surface area contributed by atoms with Crippen molar-refractivity contribution in [3.05, 3.63) is 83.8 Å². The fraction of sp³-hybridized carbons (Fsp3) is 0.190. The molecular weight excluding hydrogens is 408 g/mol. The van der Waals surface area contributed by atoms with E-state index in [-0.39, 0.29) is 17.3 Å². The lowest BCUT2D eigenvalue weighted by atomic mass is 10.1. The Bertz CT molecular complexity index is 1050. The van der Waals surface area contributed by atoms with Crippen molar-refractivity contribution < 1.29 is 17.6 Å². The van der Waals surface area contributed by atoms with E-state index in [1.807, 2.05) is 30.5 Å². The number of rotatable bonds is 8. The molecule has 0 aliphatic carbocycles. The zero-order valence-corrected chi connectivity index (χ0v) is 17.8. The van der Waals surface area contributed by atoms with Crippen LogP contribution >= 0.6 is 11.8 Å². The van der Waals surface area contributed by atoms with Gasteiger partial charge in [0.2, 0.25) is 10.0 Å². The van der Waals surface area contributed by atoms with Crippen LogP contribution in [-0.4, -0.2) is 32.5 Å². The second kappa shape index (κ2) is 9.30. The number of furan rings is 1. The van der Waals surface area contributed by atoms with Gasteiger partial charge in [0.15, 0.2) is 0 Å². The zero-order valence-electron chi connectivity index (χ0n) is 16.2. The molecule has 0 saturated heterocycles. The number of hydrogen-bond donors (Lipinski definition) is 1. The second-order valence-corrected chi connectivity index (χ2v) is 9.08. The van der Waals surface area contributed by atoms with Crippen LogP contribution in [0.25, 0.3) is 0 Å². The Morgan fingerprint density at radius 1 is 1.07 bits per heavy atom. The Hall–Kier alpha value is -2.55. The number of thioether (sulfide) groups is 1. The number of carbonyl (C=O) groups excluding carboxylic acids is 1. The molecule has 1 amide bonds. The number of carbonyl (C=O) groups is 1. The van der Waals surface area contributed by atoms with Gasteiger partial charge in [-0.15, -0.1) is 11.8 Å². The Kier molecular flexibility index (Phi) is 6.79. The van der Waals surface area contributed by atoms with Crippen molar-refractivity contribution in [2.24, 2.45) is 0 Å². The molecule has 3 aromatic rings. The van der Waals surface area contributed by atoms with Gasteiger partial charge in [0.1, 0.15) is 5.76 Å². The molecule has 0 bridgehead atoms. The molecule has 0 unspecified atom stereocenters. The molecule has 0 saturated carbocycles. The van der Waals surface area contributed by atoms with Gasteiger partial charge in [-0.2, -0.15) is 0 Å². The van der Waals surface area contributed by atoms with Crippen molar-refractivity contribution in [2.75, 3.05) is 13.3 Å². The Balaban J connectivity index is 1.64. The second-order valence-electron chi connectivity index (χ2n) is 6.44. The van der Waals surface area contributed by atoms with Gasteiger partial charge in [-0.3, -0.25) is 4.79 Å². The van der Waals surface area contributed by atoms with Crippen molar-refractivity contribution in [3.8, 4) is 0 Å². The highest BCUT2D eigenvalue weighted by Gasteiger charge is 2.17. The molecule has 1 N–H and O–H groups in total. The van der Waals surface area contributed by atoms with Crippen LogP contribution in [0.5, 0.6) is 0 Å². The van der Waals surface area contributed by atoms with Crippen LogP contribution in [0.1, 0.15) is 21.7 Å². The highest BCUT2D eigenvalue weighted by atomic mass is 32.2. The molecule has 0 aliphatic heterocycles. The smallest absolute Gasteiger partial charge is 0.253 e. The number of sulfonamides is 1. The summed E-state index contributed by atoms with van der Waals surface area (Å²) in [7, 11) is -1.97. The molecule has 1 aromatic heterocycles. The minimum Gasteiger partial charge on any atom is -0.468 e. The summed E-state index contributed by atoms with van der Waals surface area (Å²) in [5, 5.41) is 0. The van der Waals surface area contributed by atoms with E-state index in [0.717, 1.165) is 5.56 Å². The first kappa shape index (κ1) is 21.2. The molecule has 152 valence electrons. The van der Waals surface area contributed by atoms with E-state index in [0.29, 0.717) is 17.9 Å². The normalized spacial score (nSPS) is 11.4. The van der Waals surface area contributed by atoms with E-state index < -0.39 is 10.0 Å². The number of nitrogens with zero attached hydrogens (tertiary/aromatic N) is 1. The van der Waals surface area contributed by atoms with Crippen LogP contribution in [0.3, 0.4) is 0 Å². The van der Waals surface area contributed by atoms with E-state index >= 15 is 0 Å². The molecule has 2 aromatic carbocycles. The maximum atomic E-state index is 12.7. The molecule has 1 heterocycles. The molecule has 8 heteroatoms. The summed E-state index contributed by atoms with van der Waals surface area (Å²) < 4.78 is 32.4. The molecule has 6 nitrogen and oxygen atoms in total. The maximum absolute atomic E-state index is 12.7. The van der Waals surface area contributed by atoms with E-state index in [9.17, 15) is 13.2 Å². The highest BCUT2D eigenvalue weighted by Crippen LogP contribution is 2.17. The fourth-order valence-electron chi connectivity index (χ4n) is 2.74. The lowest BCUT2D eigenvalue weighted by Crippen LogP contribution is -2.26. The summed E-state index contributed by atoms with van der Waals surface area (Å²) in [5.74, 6) is 0.346. The van der Waals surface area contributed by atoms with Crippen LogP contribution in [0.15, 0.2) is 81.1 Å². The molecule has 0 radical (unpaired) electrons. The first-order valence-electron chi connectivity index (χ1n) is 8.89. The van der Waals surface area contributed by atoms with E-state index in [1.54, 1.807) is 35.8 Å². The SMILES string of the molecule is CSc1ccc(CN(C)C(=O)c2ccc(S(=O)(=O)NCc3ccco3)cc2)cc1. The van der Waals surface area contributed by atoms with Crippen LogP contribution in [0.4, 0.5) is 0 Å². The topological polar surface area (TPSA) is 79.6 Å². The summed E-state index contributed by atoms with van der Waals surface area (Å²) in [6.45, 7) is 0.534. The van der Waals surface area contributed by atoms with Gasteiger partial charge in [-0.1, -0.05) is 12.1 Å². The maximum Gasteiger partial charge on any atom is 0.253 e. The summed E-state index contributed by atoms with van der Waals surface area (Å²) in [6.07, 6.45) is 3.50. The van der Waals surface area contributed by atoms with Crippen molar-refractivity contribution >= 4 is 27.7 Å². The van der Waals surface area contributed by atoms with Gasteiger partial charge in [-0.05, 0) is 60.4 Å². The summed E-state index contributed by atoms with van der Waals surface area (Å²) >= 11 is 1.67. The monoisotopic (exact) mass is 430 g/mol. The molecule has 29 heavy (non-hydrogen) atoms. The largest absolute Gasteiger partial charge is 0.468 e. The average molecular weight is 431 g/mol. The molecule has 0 spiro atoms. The Morgan fingerprint density at radius 2 is 1.76 bits per heavy atom. The third-order valence-corrected chi connectivity index (χ3v) is 6.51. The van der Waals surface area contributed by atoms with Crippen LogP contribution in [-0.2, 0) is 23.1 Å². The van der Waals surface area contributed by atoms with Gasteiger partial charge in [0, 0.05) is 24.1 Å². The molecular formula is C21H22N2O4S2. The summed E-state index contributed by atoms with van der Waals surface area (Å²) in [5.41, 5.74) is 1.46. The fourth-order valence-corrected chi connectivity index (χ4v) is 4.14. The van der Waals surface area contributed by atoms with Gasteiger partial charge < -0.3 is 9.32 Å². The minimum atomic E-state index is -3.69. The lowest BCUT2D eigenvalue weighted by molar-refractivity contribution is 0.0785. The first-order chi connectivity index (χ1) is 13.9. The number of hydrogen-bond acceptors (Lipinski definition) is 5. The third-order valence-electron chi connectivity index (χ3n) is 4.35. The van der Waals surface area contributed by atoms with E-state index in [1.165, 1.54) is 35.4 Å². The number of amides is 1. The third kappa shape index (κ3) is 5.50. The number of nitrogens with one attached hydrogen (secondary N) is 1. The van der Waals surface area contributed by atoms with Crippen LogP contribution in [0.2, 0.25) is 0 Å². The van der Waals surface area contributed by atoms with Gasteiger partial charge in [0.05, 0.1) is 17.7 Å². The molecule has 0 aliphatic rings. The Morgan fingerprint density at radius 3 is 2.34 bits per heavy atom. The molecule has 3 rings (SSSR count). The standard InChI is InChI=1S/C21H22N2O4S2/c1-23(15-16-5-9-19(28-2)10-6-16)21(24)17-7-11-20(12-8-17)29(25,26)22-14-18-4-3-13-27-18/h3-13,22H,14-15H2,1-2H3. The van der Waals surface area contributed by atoms with Crippen molar-refractivity contribution in [3.63, 3.8) is 0 Å². The molecule has 0 atom stereocenters. The van der Waals surface area contributed by atoms with E-state index in [4.69, 9.17) is 4.42 Å². The minimum absolute atomic E-state index is 0.0636. The van der Waals surface area contributed by atoms with Gasteiger partial charge >= 0.3 is 0 Å². The first-order valence-corrected chi connectivity index (χ1v) is 11.6. The zero-order chi connectivity index (χ0) is 20.9. The van der Waals surface area contributed by atoms with Crippen molar-refractivity contribution in [1.82, 2.24) is 9.62 Å². The van der Waals surface area contributed by atoms with Crippen molar-refractivity contribution in [2.45, 2.75) is 22.9 Å². The van der Waals surface area contributed by atoms with E-state index in [2.05, 4.69) is 4.72 Å². The predicted molar refractivity (Wildman–Crippen MR) is 113 cm³/mol. The van der Waals surface area contributed by atoms with Crippen molar-refractivity contribution in [1.29, 1.82) is 0 Å². The van der Waals surface area contributed by atoms with Crippen LogP contribution in [0, 0.1) is 0 Å². The summed E-state index contributed by atoms with van der Waals surface area (Å²) in [4.78, 5) is 15.5. The molecule has 0 fully saturated rings. The number of benzene rings is 2. The lowest BCUT2D eigenvalue weighted by Gasteiger charge is -2.18. The Labute approximate surface area is 175 Å².